The molecule has 1 aliphatic carbocycles. The summed E-state index contributed by atoms with van der Waals surface area (Å²) in [5.41, 5.74) is 1.26. The van der Waals surface area contributed by atoms with Crippen LogP contribution < -0.4 is 0 Å². The van der Waals surface area contributed by atoms with Gasteiger partial charge in [-0.05, 0) is 49.4 Å². The molecule has 146 valence electrons. The van der Waals surface area contributed by atoms with E-state index in [9.17, 15) is 0 Å². The predicted octanol–water partition coefficient (Wildman–Crippen LogP) is 6.59. The van der Waals surface area contributed by atoms with E-state index in [4.69, 9.17) is 9.16 Å². The van der Waals surface area contributed by atoms with Gasteiger partial charge in [-0.25, -0.2) is 0 Å². The van der Waals surface area contributed by atoms with Gasteiger partial charge in [0.2, 0.25) is 0 Å². The lowest BCUT2D eigenvalue weighted by molar-refractivity contribution is 0.0104. The van der Waals surface area contributed by atoms with Crippen molar-refractivity contribution in [3.05, 3.63) is 48.0 Å². The van der Waals surface area contributed by atoms with Crippen LogP contribution in [-0.4, -0.2) is 21.0 Å². The summed E-state index contributed by atoms with van der Waals surface area (Å²) in [5.74, 6) is 1.08. The van der Waals surface area contributed by atoms with Crippen molar-refractivity contribution in [2.24, 2.45) is 11.8 Å². The zero-order valence-electron chi connectivity index (χ0n) is 17.2. The third-order valence-electron chi connectivity index (χ3n) is 6.23. The Labute approximate surface area is 162 Å². The van der Waals surface area contributed by atoms with Crippen molar-refractivity contribution in [1.29, 1.82) is 0 Å². The molecular weight excluding hydrogens is 336 g/mol. The molecule has 3 heteroatoms. The Kier molecular flexibility index (Phi) is 9.10. The van der Waals surface area contributed by atoms with Gasteiger partial charge in [-0.1, -0.05) is 69.7 Å². The summed E-state index contributed by atoms with van der Waals surface area (Å²) < 4.78 is 13.0. The molecule has 0 radical (unpaired) electrons. The van der Waals surface area contributed by atoms with Crippen molar-refractivity contribution in [2.75, 3.05) is 6.61 Å². The fourth-order valence-electron chi connectivity index (χ4n) is 4.33. The summed E-state index contributed by atoms with van der Waals surface area (Å²) in [5, 5.41) is 0. The molecular formula is C23H38O2Si. The normalized spacial score (nSPS) is 24.2. The van der Waals surface area contributed by atoms with E-state index in [0.29, 0.717) is 24.5 Å². The van der Waals surface area contributed by atoms with Crippen molar-refractivity contribution in [1.82, 2.24) is 0 Å². The summed E-state index contributed by atoms with van der Waals surface area (Å²) in [4.78, 5) is 0. The molecule has 3 atom stereocenters. The van der Waals surface area contributed by atoms with Crippen LogP contribution in [-0.2, 0) is 15.8 Å². The highest BCUT2D eigenvalue weighted by atomic mass is 28.4. The van der Waals surface area contributed by atoms with Crippen LogP contribution in [0.2, 0.25) is 18.1 Å². The second-order valence-electron chi connectivity index (χ2n) is 7.69. The van der Waals surface area contributed by atoms with Gasteiger partial charge < -0.3 is 9.16 Å². The molecule has 0 aliphatic heterocycles. The van der Waals surface area contributed by atoms with Gasteiger partial charge in [-0.2, -0.15) is 0 Å². The Morgan fingerprint density at radius 1 is 1.04 bits per heavy atom. The third-order valence-corrected chi connectivity index (χ3v) is 10.9. The second-order valence-corrected chi connectivity index (χ2v) is 12.4. The van der Waals surface area contributed by atoms with E-state index in [0.717, 1.165) is 6.61 Å². The SMILES string of the molecule is C/C=C/[C@@H]1[C@@H](COCc2ccccc2)CCC[C@H]1O[Si](CC)(CC)CC. The van der Waals surface area contributed by atoms with Crippen molar-refractivity contribution in [3.8, 4) is 0 Å². The lowest BCUT2D eigenvalue weighted by Gasteiger charge is -2.42. The highest BCUT2D eigenvalue weighted by Crippen LogP contribution is 2.37. The predicted molar refractivity (Wildman–Crippen MR) is 114 cm³/mol. The maximum Gasteiger partial charge on any atom is 0.192 e. The number of benzene rings is 1. The molecule has 2 nitrogen and oxygen atoms in total. The fraction of sp³-hybridized carbons (Fsp3) is 0.652. The standard InChI is InChI=1S/C23H38O2Si/c1-5-13-22-21(19-24-18-20-14-10-9-11-15-20)16-12-17-23(22)25-26(6-2,7-3)8-4/h5,9-11,13-15,21-23H,6-8,12,16-19H2,1-4H3/b13-5+/t21-,22-,23-/m1/s1. The summed E-state index contributed by atoms with van der Waals surface area (Å²) >= 11 is 0. The van der Waals surface area contributed by atoms with Crippen molar-refractivity contribution in [3.63, 3.8) is 0 Å². The number of ether oxygens (including phenoxy) is 1. The van der Waals surface area contributed by atoms with Gasteiger partial charge in [-0.3, -0.25) is 0 Å². The minimum Gasteiger partial charge on any atom is -0.413 e. The van der Waals surface area contributed by atoms with Gasteiger partial charge in [-0.15, -0.1) is 0 Å². The van der Waals surface area contributed by atoms with E-state index in [1.807, 2.05) is 0 Å². The number of rotatable bonds is 10. The highest BCUT2D eigenvalue weighted by Gasteiger charge is 2.38. The van der Waals surface area contributed by atoms with Gasteiger partial charge in [0, 0.05) is 5.92 Å². The Balaban J connectivity index is 1.99. The third kappa shape index (κ3) is 5.80. The first-order valence-electron chi connectivity index (χ1n) is 10.6. The van der Waals surface area contributed by atoms with Crippen LogP contribution in [0.4, 0.5) is 0 Å². The van der Waals surface area contributed by atoms with Crippen LogP contribution >= 0.6 is 0 Å². The molecule has 0 heterocycles. The summed E-state index contributed by atoms with van der Waals surface area (Å²) in [6.07, 6.45) is 8.71. The first-order valence-corrected chi connectivity index (χ1v) is 13.1. The number of hydrogen-bond acceptors (Lipinski definition) is 2. The monoisotopic (exact) mass is 374 g/mol. The van der Waals surface area contributed by atoms with Crippen molar-refractivity contribution < 1.29 is 9.16 Å². The Morgan fingerprint density at radius 2 is 1.73 bits per heavy atom. The maximum absolute atomic E-state index is 6.92. The molecule has 1 fully saturated rings. The van der Waals surface area contributed by atoms with Crippen LogP contribution in [0, 0.1) is 11.8 Å². The summed E-state index contributed by atoms with van der Waals surface area (Å²) in [6.45, 7) is 10.7. The molecule has 0 amide bonds. The average molecular weight is 375 g/mol. The summed E-state index contributed by atoms with van der Waals surface area (Å²) in [7, 11) is -1.56. The summed E-state index contributed by atoms with van der Waals surface area (Å²) in [6, 6.07) is 14.2. The molecule has 1 aliphatic rings. The number of allylic oxidation sites excluding steroid dienone is 1. The zero-order chi connectivity index (χ0) is 18.8. The van der Waals surface area contributed by atoms with Gasteiger partial charge in [0.1, 0.15) is 0 Å². The Hall–Kier alpha value is -0.903. The van der Waals surface area contributed by atoms with Gasteiger partial charge in [0.05, 0.1) is 19.3 Å². The van der Waals surface area contributed by atoms with E-state index in [-0.39, 0.29) is 0 Å². The fourth-order valence-corrected chi connectivity index (χ4v) is 7.25. The van der Waals surface area contributed by atoms with Crippen LogP contribution in [0.5, 0.6) is 0 Å². The van der Waals surface area contributed by atoms with Crippen LogP contribution in [0.3, 0.4) is 0 Å². The van der Waals surface area contributed by atoms with Crippen LogP contribution in [0.25, 0.3) is 0 Å². The van der Waals surface area contributed by atoms with Crippen LogP contribution in [0.1, 0.15) is 52.5 Å². The molecule has 0 aromatic heterocycles. The quantitative estimate of drug-likeness (QED) is 0.340. The topological polar surface area (TPSA) is 18.5 Å². The van der Waals surface area contributed by atoms with Gasteiger partial charge >= 0.3 is 0 Å². The molecule has 26 heavy (non-hydrogen) atoms. The first kappa shape index (κ1) is 21.4. The molecule has 0 bridgehead atoms. The first-order chi connectivity index (χ1) is 12.7. The van der Waals surface area contributed by atoms with E-state index in [1.165, 1.54) is 43.0 Å². The van der Waals surface area contributed by atoms with Crippen molar-refractivity contribution in [2.45, 2.75) is 77.8 Å². The van der Waals surface area contributed by atoms with Gasteiger partial charge in [0.25, 0.3) is 0 Å². The molecule has 0 N–H and O–H groups in total. The molecule has 2 rings (SSSR count). The largest absolute Gasteiger partial charge is 0.413 e. The van der Waals surface area contributed by atoms with E-state index < -0.39 is 8.32 Å². The van der Waals surface area contributed by atoms with E-state index in [2.05, 4.69) is 70.2 Å². The highest BCUT2D eigenvalue weighted by molar-refractivity contribution is 6.73. The minimum atomic E-state index is -1.56. The maximum atomic E-state index is 6.92. The van der Waals surface area contributed by atoms with Crippen molar-refractivity contribution >= 4 is 8.32 Å². The second kappa shape index (κ2) is 11.1. The lowest BCUT2D eigenvalue weighted by atomic mass is 9.77. The van der Waals surface area contributed by atoms with E-state index in [1.54, 1.807) is 0 Å². The van der Waals surface area contributed by atoms with Gasteiger partial charge in [0.15, 0.2) is 8.32 Å². The average Bonchev–Trinajstić information content (AvgIpc) is 2.69. The Bertz CT molecular complexity index is 516. The zero-order valence-corrected chi connectivity index (χ0v) is 18.2. The van der Waals surface area contributed by atoms with E-state index >= 15 is 0 Å². The van der Waals surface area contributed by atoms with Crippen LogP contribution in [0.15, 0.2) is 42.5 Å². The minimum absolute atomic E-state index is 0.386. The number of hydrogen-bond donors (Lipinski definition) is 0. The smallest absolute Gasteiger partial charge is 0.192 e. The molecule has 0 spiro atoms. The molecule has 0 unspecified atom stereocenters. The molecule has 1 aromatic rings. The lowest BCUT2D eigenvalue weighted by Crippen LogP contribution is -2.45. The molecule has 1 saturated carbocycles. The Morgan fingerprint density at radius 3 is 2.35 bits per heavy atom. The molecule has 0 saturated heterocycles. The molecule has 1 aromatic carbocycles.